The van der Waals surface area contributed by atoms with Gasteiger partial charge in [0, 0.05) is 25.7 Å². The van der Waals surface area contributed by atoms with Gasteiger partial charge in [-0.2, -0.15) is 0 Å². The number of imidazole rings is 1. The molecular formula is C11H17N5. The van der Waals surface area contributed by atoms with Gasteiger partial charge in [0.05, 0.1) is 17.4 Å². The molecule has 0 saturated carbocycles. The number of aromatic amines is 1. The largest absolute Gasteiger partial charge is 0.345 e. The number of nitrogens with zero attached hydrogens (tertiary/aromatic N) is 1. The summed E-state index contributed by atoms with van der Waals surface area (Å²) in [6, 6.07) is 6.18. The van der Waals surface area contributed by atoms with Gasteiger partial charge in [-0.05, 0) is 17.7 Å². The van der Waals surface area contributed by atoms with Crippen molar-refractivity contribution in [1.29, 1.82) is 0 Å². The average Bonchev–Trinajstić information content (AvgIpc) is 2.76. The third-order valence-corrected chi connectivity index (χ3v) is 2.52. The number of aromatic nitrogens is 2. The van der Waals surface area contributed by atoms with Crippen LogP contribution in [0.5, 0.6) is 0 Å². The first-order valence-corrected chi connectivity index (χ1v) is 5.38. The lowest BCUT2D eigenvalue weighted by Crippen LogP contribution is -2.39. The van der Waals surface area contributed by atoms with Gasteiger partial charge < -0.3 is 21.8 Å². The van der Waals surface area contributed by atoms with Crippen LogP contribution in [0.3, 0.4) is 0 Å². The number of benzene rings is 1. The summed E-state index contributed by atoms with van der Waals surface area (Å²) in [5.41, 5.74) is 14.4. The first-order chi connectivity index (χ1) is 7.79. The van der Waals surface area contributed by atoms with Crippen LogP contribution < -0.4 is 16.8 Å². The van der Waals surface area contributed by atoms with Crippen molar-refractivity contribution in [3.63, 3.8) is 0 Å². The highest BCUT2D eigenvalue weighted by atomic mass is 14.9. The zero-order chi connectivity index (χ0) is 11.4. The standard InChI is InChI=1S/C11H17N5/c12-4-9(13)6-14-5-8-1-2-10-11(3-8)16-7-15-10/h1-3,7,9,14H,4-6,12-13H2,(H,15,16). The molecule has 5 heteroatoms. The minimum absolute atomic E-state index is 0.0240. The molecule has 0 amide bonds. The summed E-state index contributed by atoms with van der Waals surface area (Å²) in [5.74, 6) is 0. The average molecular weight is 219 g/mol. The van der Waals surface area contributed by atoms with Crippen LogP contribution in [0.4, 0.5) is 0 Å². The first-order valence-electron chi connectivity index (χ1n) is 5.38. The van der Waals surface area contributed by atoms with Crippen LogP contribution in [0.1, 0.15) is 5.56 Å². The highest BCUT2D eigenvalue weighted by Gasteiger charge is 2.00. The van der Waals surface area contributed by atoms with Crippen molar-refractivity contribution < 1.29 is 0 Å². The van der Waals surface area contributed by atoms with E-state index in [1.165, 1.54) is 5.56 Å². The topological polar surface area (TPSA) is 92.8 Å². The molecule has 0 saturated heterocycles. The third kappa shape index (κ3) is 2.57. The molecule has 86 valence electrons. The van der Waals surface area contributed by atoms with E-state index in [0.29, 0.717) is 6.54 Å². The van der Waals surface area contributed by atoms with Crippen LogP contribution in [0.2, 0.25) is 0 Å². The maximum atomic E-state index is 5.71. The smallest absolute Gasteiger partial charge is 0.0931 e. The molecule has 6 N–H and O–H groups in total. The highest BCUT2D eigenvalue weighted by Crippen LogP contribution is 2.11. The Balaban J connectivity index is 1.93. The summed E-state index contributed by atoms with van der Waals surface area (Å²) in [5, 5.41) is 3.27. The Labute approximate surface area is 94.2 Å². The predicted octanol–water partition coefficient (Wildman–Crippen LogP) is -0.0615. The maximum absolute atomic E-state index is 5.71. The van der Waals surface area contributed by atoms with Gasteiger partial charge in [0.15, 0.2) is 0 Å². The molecule has 0 aliphatic rings. The quantitative estimate of drug-likeness (QED) is 0.567. The monoisotopic (exact) mass is 219 g/mol. The molecule has 0 aliphatic heterocycles. The Bertz CT molecular complexity index is 450. The van der Waals surface area contributed by atoms with Gasteiger partial charge in [-0.1, -0.05) is 6.07 Å². The van der Waals surface area contributed by atoms with Gasteiger partial charge >= 0.3 is 0 Å². The fourth-order valence-corrected chi connectivity index (χ4v) is 1.58. The van der Waals surface area contributed by atoms with Crippen molar-refractivity contribution in [2.75, 3.05) is 13.1 Å². The Morgan fingerprint density at radius 3 is 3.12 bits per heavy atom. The van der Waals surface area contributed by atoms with Gasteiger partial charge in [-0.15, -0.1) is 0 Å². The molecule has 16 heavy (non-hydrogen) atoms. The molecule has 1 heterocycles. The third-order valence-electron chi connectivity index (χ3n) is 2.52. The van der Waals surface area contributed by atoms with Gasteiger partial charge in [-0.3, -0.25) is 0 Å². The molecule has 5 nitrogen and oxygen atoms in total. The molecule has 1 aromatic heterocycles. The second-order valence-corrected chi connectivity index (χ2v) is 3.88. The van der Waals surface area contributed by atoms with E-state index in [1.54, 1.807) is 6.33 Å². The van der Waals surface area contributed by atoms with Crippen LogP contribution in [0, 0.1) is 0 Å². The van der Waals surface area contributed by atoms with Crippen molar-refractivity contribution in [1.82, 2.24) is 15.3 Å². The van der Waals surface area contributed by atoms with Crippen molar-refractivity contribution in [3.05, 3.63) is 30.1 Å². The maximum Gasteiger partial charge on any atom is 0.0931 e. The zero-order valence-corrected chi connectivity index (χ0v) is 9.11. The van der Waals surface area contributed by atoms with Crippen LogP contribution in [-0.4, -0.2) is 29.1 Å². The number of nitrogens with two attached hydrogens (primary N) is 2. The Hall–Kier alpha value is -1.43. The number of nitrogens with one attached hydrogen (secondary N) is 2. The lowest BCUT2D eigenvalue weighted by molar-refractivity contribution is 0.582. The molecule has 0 spiro atoms. The van der Waals surface area contributed by atoms with Gasteiger partial charge in [0.25, 0.3) is 0 Å². The van der Waals surface area contributed by atoms with Crippen molar-refractivity contribution >= 4 is 11.0 Å². The Kier molecular flexibility index (Phi) is 3.51. The molecule has 0 bridgehead atoms. The van der Waals surface area contributed by atoms with Crippen LogP contribution in [0.25, 0.3) is 11.0 Å². The Morgan fingerprint density at radius 1 is 1.44 bits per heavy atom. The normalized spacial score (nSPS) is 13.1. The second kappa shape index (κ2) is 5.07. The van der Waals surface area contributed by atoms with Gasteiger partial charge in [-0.25, -0.2) is 4.98 Å². The molecule has 2 rings (SSSR count). The zero-order valence-electron chi connectivity index (χ0n) is 9.11. The SMILES string of the molecule is NCC(N)CNCc1ccc2nc[nH]c2c1. The lowest BCUT2D eigenvalue weighted by atomic mass is 10.2. The molecular weight excluding hydrogens is 202 g/mol. The predicted molar refractivity (Wildman–Crippen MR) is 64.8 cm³/mol. The summed E-state index contributed by atoms with van der Waals surface area (Å²) in [6.07, 6.45) is 1.70. The minimum Gasteiger partial charge on any atom is -0.345 e. The molecule has 0 fully saturated rings. The molecule has 0 aliphatic carbocycles. The van der Waals surface area contributed by atoms with E-state index >= 15 is 0 Å². The van der Waals surface area contributed by atoms with Gasteiger partial charge in [0.1, 0.15) is 0 Å². The van der Waals surface area contributed by atoms with E-state index in [0.717, 1.165) is 24.1 Å². The minimum atomic E-state index is 0.0240. The summed E-state index contributed by atoms with van der Waals surface area (Å²) >= 11 is 0. The molecule has 2 aromatic rings. The van der Waals surface area contributed by atoms with E-state index < -0.39 is 0 Å². The van der Waals surface area contributed by atoms with E-state index in [2.05, 4.69) is 27.4 Å². The van der Waals surface area contributed by atoms with Crippen molar-refractivity contribution in [2.45, 2.75) is 12.6 Å². The lowest BCUT2D eigenvalue weighted by Gasteiger charge is -2.09. The fraction of sp³-hybridized carbons (Fsp3) is 0.364. The number of H-pyrrole nitrogens is 1. The summed E-state index contributed by atoms with van der Waals surface area (Å²) < 4.78 is 0. The van der Waals surface area contributed by atoms with E-state index in [9.17, 15) is 0 Å². The van der Waals surface area contributed by atoms with Crippen molar-refractivity contribution in [3.8, 4) is 0 Å². The molecule has 1 aromatic carbocycles. The Morgan fingerprint density at radius 2 is 2.31 bits per heavy atom. The summed E-state index contributed by atoms with van der Waals surface area (Å²) in [6.45, 7) is 2.03. The van der Waals surface area contributed by atoms with E-state index in [-0.39, 0.29) is 6.04 Å². The molecule has 0 radical (unpaired) electrons. The van der Waals surface area contributed by atoms with Crippen molar-refractivity contribution in [2.24, 2.45) is 11.5 Å². The van der Waals surface area contributed by atoms with Crippen LogP contribution >= 0.6 is 0 Å². The number of fused-ring (bicyclic) bond motifs is 1. The van der Waals surface area contributed by atoms with Crippen LogP contribution in [0.15, 0.2) is 24.5 Å². The van der Waals surface area contributed by atoms with Crippen LogP contribution in [-0.2, 0) is 6.54 Å². The molecule has 1 unspecified atom stereocenters. The van der Waals surface area contributed by atoms with E-state index in [1.807, 2.05) is 6.07 Å². The highest BCUT2D eigenvalue weighted by molar-refractivity contribution is 5.74. The fourth-order valence-electron chi connectivity index (χ4n) is 1.58. The van der Waals surface area contributed by atoms with E-state index in [4.69, 9.17) is 11.5 Å². The number of hydrogen-bond acceptors (Lipinski definition) is 4. The summed E-state index contributed by atoms with van der Waals surface area (Å²) in [7, 11) is 0. The number of hydrogen-bond donors (Lipinski definition) is 4. The number of rotatable bonds is 5. The summed E-state index contributed by atoms with van der Waals surface area (Å²) in [4.78, 5) is 7.26. The molecule has 1 atom stereocenters. The van der Waals surface area contributed by atoms with Gasteiger partial charge in [0.2, 0.25) is 0 Å². The second-order valence-electron chi connectivity index (χ2n) is 3.88. The first kappa shape index (κ1) is 11.1.